The smallest absolute Gasteiger partial charge is 0.196 e. The maximum Gasteiger partial charge on any atom is 0.196 e. The first-order chi connectivity index (χ1) is 15.6. The molecule has 7 heteroatoms. The number of rotatable bonds is 10. The summed E-state index contributed by atoms with van der Waals surface area (Å²) in [5, 5.41) is 9.36. The zero-order valence-corrected chi connectivity index (χ0v) is 18.8. The van der Waals surface area contributed by atoms with Crippen LogP contribution in [0.15, 0.2) is 42.7 Å². The Balaban J connectivity index is 1.43. The van der Waals surface area contributed by atoms with Gasteiger partial charge in [-0.1, -0.05) is 12.2 Å². The molecule has 0 radical (unpaired) electrons. The van der Waals surface area contributed by atoms with Crippen LogP contribution in [0.5, 0.6) is 0 Å². The Hall–Kier alpha value is -3.03. The number of hydrogen-bond donors (Lipinski definition) is 1. The summed E-state index contributed by atoms with van der Waals surface area (Å²) in [4.78, 5) is 22.3. The molecule has 0 spiro atoms. The Bertz CT molecular complexity index is 1170. The Morgan fingerprint density at radius 1 is 1.09 bits per heavy atom. The number of aromatic nitrogens is 3. The molecule has 0 amide bonds. The molecule has 0 atom stereocenters. The third-order valence-electron chi connectivity index (χ3n) is 6.17. The standard InChI is InChI=1S/C25H30N6O/c1-29(2)13-16-31-21-8-7-20(27-10-5-3-4-6-12-30-14-15-30)22-23(21)24(28-31)19-17-26-11-9-18(19)25(22)32/h3-4,7-9,11,17,27H,5-6,10,12-16H2,1-2H3/b4-3+. The van der Waals surface area contributed by atoms with Crippen LogP contribution in [0.3, 0.4) is 0 Å². The van der Waals surface area contributed by atoms with Gasteiger partial charge in [0.1, 0.15) is 5.69 Å². The number of anilines is 1. The summed E-state index contributed by atoms with van der Waals surface area (Å²) in [6.07, 6.45) is 9.97. The molecular formula is C25H30N6O. The monoisotopic (exact) mass is 430 g/mol. The van der Waals surface area contributed by atoms with E-state index in [-0.39, 0.29) is 5.78 Å². The highest BCUT2D eigenvalue weighted by Crippen LogP contribution is 2.41. The molecule has 166 valence electrons. The van der Waals surface area contributed by atoms with E-state index >= 15 is 0 Å². The average molecular weight is 431 g/mol. The SMILES string of the molecule is CN(C)CCn1nc2c3c(c(NCC/C=C/CCN4CC4)ccc31)C(=O)c1ccncc1-2. The molecule has 7 nitrogen and oxygen atoms in total. The maximum atomic E-state index is 13.5. The second-order valence-electron chi connectivity index (χ2n) is 8.82. The second-order valence-corrected chi connectivity index (χ2v) is 8.82. The van der Waals surface area contributed by atoms with Gasteiger partial charge in [-0.05, 0) is 45.1 Å². The predicted molar refractivity (Wildman–Crippen MR) is 128 cm³/mol. The van der Waals surface area contributed by atoms with E-state index in [1.165, 1.54) is 13.1 Å². The van der Waals surface area contributed by atoms with E-state index in [4.69, 9.17) is 5.10 Å². The Kier molecular flexibility index (Phi) is 5.76. The Morgan fingerprint density at radius 2 is 1.94 bits per heavy atom. The van der Waals surface area contributed by atoms with Gasteiger partial charge in [-0.3, -0.25) is 14.5 Å². The highest BCUT2D eigenvalue weighted by molar-refractivity contribution is 6.27. The summed E-state index contributed by atoms with van der Waals surface area (Å²) in [6.45, 7) is 6.10. The molecule has 0 bridgehead atoms. The van der Waals surface area contributed by atoms with Crippen LogP contribution >= 0.6 is 0 Å². The molecule has 3 heterocycles. The number of nitrogens with one attached hydrogen (secondary N) is 1. The van der Waals surface area contributed by atoms with Crippen molar-refractivity contribution in [3.05, 3.63) is 53.9 Å². The first-order valence-corrected chi connectivity index (χ1v) is 11.4. The molecule has 1 aliphatic carbocycles. The Labute approximate surface area is 188 Å². The van der Waals surface area contributed by atoms with Gasteiger partial charge in [-0.2, -0.15) is 5.10 Å². The first-order valence-electron chi connectivity index (χ1n) is 11.4. The molecular weight excluding hydrogens is 400 g/mol. The quantitative estimate of drug-likeness (QED) is 0.237. The highest BCUT2D eigenvalue weighted by atomic mass is 16.1. The van der Waals surface area contributed by atoms with Crippen LogP contribution in [0.1, 0.15) is 28.8 Å². The molecule has 1 saturated heterocycles. The van der Waals surface area contributed by atoms with E-state index in [1.807, 2.05) is 10.7 Å². The average Bonchev–Trinajstić information content (AvgIpc) is 3.55. The number of benzene rings is 1. The largest absolute Gasteiger partial charge is 0.384 e. The molecule has 1 fully saturated rings. The van der Waals surface area contributed by atoms with Crippen molar-refractivity contribution in [3.63, 3.8) is 0 Å². The van der Waals surface area contributed by atoms with Gasteiger partial charge in [0.25, 0.3) is 0 Å². The van der Waals surface area contributed by atoms with Gasteiger partial charge in [0.15, 0.2) is 5.78 Å². The summed E-state index contributed by atoms with van der Waals surface area (Å²) < 4.78 is 2.02. The van der Waals surface area contributed by atoms with E-state index in [9.17, 15) is 4.79 Å². The van der Waals surface area contributed by atoms with Crippen LogP contribution in [0.2, 0.25) is 0 Å². The van der Waals surface area contributed by atoms with Crippen molar-refractivity contribution in [2.45, 2.75) is 19.4 Å². The van der Waals surface area contributed by atoms with E-state index in [0.29, 0.717) is 5.56 Å². The number of carbonyl (C=O) groups is 1. The molecule has 1 N–H and O–H groups in total. The van der Waals surface area contributed by atoms with Crippen molar-refractivity contribution in [2.24, 2.45) is 0 Å². The number of hydrogen-bond acceptors (Lipinski definition) is 6. The Morgan fingerprint density at radius 3 is 2.75 bits per heavy atom. The van der Waals surface area contributed by atoms with Gasteiger partial charge in [0.05, 0.1) is 17.6 Å². The van der Waals surface area contributed by atoms with E-state index in [1.54, 1.807) is 18.5 Å². The number of carbonyl (C=O) groups excluding carboxylic acids is 1. The highest BCUT2D eigenvalue weighted by Gasteiger charge is 2.31. The molecule has 2 aromatic heterocycles. The molecule has 2 aliphatic rings. The lowest BCUT2D eigenvalue weighted by molar-refractivity contribution is 0.104. The number of nitrogens with zero attached hydrogens (tertiary/aromatic N) is 5. The molecule has 0 saturated carbocycles. The van der Waals surface area contributed by atoms with Gasteiger partial charge in [0, 0.05) is 67.3 Å². The van der Waals surface area contributed by atoms with Crippen LogP contribution in [0.4, 0.5) is 5.69 Å². The molecule has 0 unspecified atom stereocenters. The van der Waals surface area contributed by atoms with Crippen molar-refractivity contribution in [1.82, 2.24) is 24.6 Å². The molecule has 3 aromatic rings. The lowest BCUT2D eigenvalue weighted by Crippen LogP contribution is -2.19. The van der Waals surface area contributed by atoms with E-state index in [0.717, 1.165) is 72.4 Å². The zero-order valence-electron chi connectivity index (χ0n) is 18.8. The van der Waals surface area contributed by atoms with E-state index in [2.05, 4.69) is 52.4 Å². The summed E-state index contributed by atoms with van der Waals surface area (Å²) in [5.41, 5.74) is 4.98. The van der Waals surface area contributed by atoms with E-state index < -0.39 is 0 Å². The minimum Gasteiger partial charge on any atom is -0.384 e. The fourth-order valence-electron chi connectivity index (χ4n) is 4.30. The molecule has 1 aromatic carbocycles. The van der Waals surface area contributed by atoms with Crippen molar-refractivity contribution >= 4 is 22.4 Å². The first kappa shape index (κ1) is 20.8. The minimum atomic E-state index is 0.0455. The molecule has 32 heavy (non-hydrogen) atoms. The normalized spacial score (nSPS) is 15.2. The van der Waals surface area contributed by atoms with Gasteiger partial charge < -0.3 is 15.1 Å². The number of ketones is 1. The summed E-state index contributed by atoms with van der Waals surface area (Å²) in [7, 11) is 4.11. The van der Waals surface area contributed by atoms with Crippen LogP contribution in [0, 0.1) is 0 Å². The van der Waals surface area contributed by atoms with Crippen molar-refractivity contribution < 1.29 is 4.79 Å². The minimum absolute atomic E-state index is 0.0455. The lowest BCUT2D eigenvalue weighted by Gasteiger charge is -2.18. The fourth-order valence-corrected chi connectivity index (χ4v) is 4.30. The van der Waals surface area contributed by atoms with Crippen LogP contribution in [0.25, 0.3) is 22.2 Å². The van der Waals surface area contributed by atoms with Gasteiger partial charge in [0.2, 0.25) is 0 Å². The second kappa shape index (κ2) is 8.84. The molecule has 5 rings (SSSR count). The summed E-state index contributed by atoms with van der Waals surface area (Å²) in [5.74, 6) is 0.0455. The third kappa shape index (κ3) is 4.06. The third-order valence-corrected chi connectivity index (χ3v) is 6.17. The number of likely N-dealkylation sites (N-methyl/N-ethyl adjacent to an activating group) is 1. The topological polar surface area (TPSA) is 66.1 Å². The number of pyridine rings is 1. The van der Waals surface area contributed by atoms with Gasteiger partial charge >= 0.3 is 0 Å². The zero-order chi connectivity index (χ0) is 22.1. The fraction of sp³-hybridized carbons (Fsp3) is 0.400. The van der Waals surface area contributed by atoms with Gasteiger partial charge in [-0.15, -0.1) is 0 Å². The van der Waals surface area contributed by atoms with Crippen molar-refractivity contribution in [3.8, 4) is 11.3 Å². The lowest BCUT2D eigenvalue weighted by atomic mass is 9.87. The van der Waals surface area contributed by atoms with Crippen LogP contribution in [-0.2, 0) is 6.54 Å². The summed E-state index contributed by atoms with van der Waals surface area (Å²) in [6, 6.07) is 5.92. The van der Waals surface area contributed by atoms with Crippen molar-refractivity contribution in [2.75, 3.05) is 52.1 Å². The summed E-state index contributed by atoms with van der Waals surface area (Å²) >= 11 is 0. The van der Waals surface area contributed by atoms with Gasteiger partial charge in [-0.25, -0.2) is 0 Å². The van der Waals surface area contributed by atoms with Crippen molar-refractivity contribution in [1.29, 1.82) is 0 Å². The predicted octanol–water partition coefficient (Wildman–Crippen LogP) is 3.27. The van der Waals surface area contributed by atoms with Crippen LogP contribution in [-0.4, -0.2) is 77.2 Å². The molecule has 1 aliphatic heterocycles. The number of fused-ring (bicyclic) bond motifs is 2. The van der Waals surface area contributed by atoms with Crippen LogP contribution < -0.4 is 5.32 Å². The maximum absolute atomic E-state index is 13.5.